The van der Waals surface area contributed by atoms with Crippen LogP contribution in [-0.4, -0.2) is 23.9 Å². The first kappa shape index (κ1) is 19.5. The number of methoxy groups -OCH3 is 1. The van der Waals surface area contributed by atoms with Gasteiger partial charge in [-0.05, 0) is 60.9 Å². The smallest absolute Gasteiger partial charge is 0.294 e. The number of hydrogen-bond donors (Lipinski definition) is 1. The third-order valence-electron chi connectivity index (χ3n) is 5.25. The quantitative estimate of drug-likeness (QED) is 0.625. The van der Waals surface area contributed by atoms with Crippen LogP contribution >= 0.6 is 0 Å². The maximum atomic E-state index is 13.2. The van der Waals surface area contributed by atoms with Crippen LogP contribution in [0.15, 0.2) is 76.6 Å². The fourth-order valence-electron chi connectivity index (χ4n) is 3.71. The number of amides is 1. The Morgan fingerprint density at radius 2 is 1.83 bits per heavy atom. The summed E-state index contributed by atoms with van der Waals surface area (Å²) in [5.41, 5.74) is 3.11. The van der Waals surface area contributed by atoms with Crippen LogP contribution in [-0.2, 0) is 4.79 Å². The highest BCUT2D eigenvalue weighted by molar-refractivity contribution is 6.20. The van der Waals surface area contributed by atoms with E-state index in [1.807, 2.05) is 32.0 Å². The van der Waals surface area contributed by atoms with Crippen LogP contribution in [0.5, 0.6) is 5.75 Å². The van der Waals surface area contributed by atoms with Crippen molar-refractivity contribution >= 4 is 17.4 Å². The number of nitrogens with zero attached hydrogens (tertiary/aromatic N) is 1. The number of rotatable bonds is 5. The predicted octanol–water partition coefficient (Wildman–Crippen LogP) is 4.69. The summed E-state index contributed by atoms with van der Waals surface area (Å²) in [4.78, 5) is 27.8. The maximum absolute atomic E-state index is 13.2. The summed E-state index contributed by atoms with van der Waals surface area (Å²) < 4.78 is 10.5. The summed E-state index contributed by atoms with van der Waals surface area (Å²) in [6, 6.07) is 15.1. The Morgan fingerprint density at radius 1 is 1.10 bits per heavy atom. The summed E-state index contributed by atoms with van der Waals surface area (Å²) in [6.45, 7) is 3.81. The number of ether oxygens (including phenoxy) is 1. The Kier molecular flexibility index (Phi) is 4.91. The van der Waals surface area contributed by atoms with E-state index in [2.05, 4.69) is 0 Å². The zero-order chi connectivity index (χ0) is 21.4. The minimum Gasteiger partial charge on any atom is -0.503 e. The van der Waals surface area contributed by atoms with Gasteiger partial charge in [-0.25, -0.2) is 0 Å². The van der Waals surface area contributed by atoms with Crippen LogP contribution in [0.25, 0.3) is 0 Å². The predicted molar refractivity (Wildman–Crippen MR) is 112 cm³/mol. The number of Topliss-reactive ketones (excluding diaryl/α,β-unsaturated/α-hetero) is 1. The molecule has 6 heteroatoms. The SMILES string of the molecule is COc1ccc(C2C(C(=O)c3ccco3)=C(O)C(=O)N2c2cc(C)ccc2C)cc1. The van der Waals surface area contributed by atoms with Gasteiger partial charge in [-0.3, -0.25) is 14.5 Å². The van der Waals surface area contributed by atoms with Crippen molar-refractivity contribution in [2.45, 2.75) is 19.9 Å². The average Bonchev–Trinajstić information content (AvgIpc) is 3.37. The van der Waals surface area contributed by atoms with Gasteiger partial charge in [0.15, 0.2) is 11.5 Å². The van der Waals surface area contributed by atoms with Crippen molar-refractivity contribution in [1.29, 1.82) is 0 Å². The van der Waals surface area contributed by atoms with Crippen LogP contribution in [0.3, 0.4) is 0 Å². The van der Waals surface area contributed by atoms with Gasteiger partial charge in [0, 0.05) is 5.69 Å². The fourth-order valence-corrected chi connectivity index (χ4v) is 3.71. The van der Waals surface area contributed by atoms with Gasteiger partial charge in [-0.1, -0.05) is 24.3 Å². The molecule has 0 fully saturated rings. The molecule has 0 aliphatic carbocycles. The molecule has 1 unspecified atom stereocenters. The molecule has 0 bridgehead atoms. The molecule has 0 saturated heterocycles. The molecule has 6 nitrogen and oxygen atoms in total. The van der Waals surface area contributed by atoms with Gasteiger partial charge in [0.1, 0.15) is 5.75 Å². The van der Waals surface area contributed by atoms with E-state index >= 15 is 0 Å². The van der Waals surface area contributed by atoms with Crippen molar-refractivity contribution in [3.8, 4) is 5.75 Å². The van der Waals surface area contributed by atoms with Gasteiger partial charge in [-0.2, -0.15) is 0 Å². The van der Waals surface area contributed by atoms with Crippen molar-refractivity contribution in [3.63, 3.8) is 0 Å². The minimum atomic E-state index is -0.804. The number of ketones is 1. The van der Waals surface area contributed by atoms with Crippen molar-refractivity contribution in [1.82, 2.24) is 0 Å². The molecule has 1 N–H and O–H groups in total. The molecular formula is C24H21NO5. The van der Waals surface area contributed by atoms with Crippen LogP contribution in [0.4, 0.5) is 5.69 Å². The van der Waals surface area contributed by atoms with Crippen LogP contribution in [0.1, 0.15) is 33.3 Å². The number of furan rings is 1. The van der Waals surface area contributed by atoms with Crippen molar-refractivity contribution in [2.24, 2.45) is 0 Å². The van der Waals surface area contributed by atoms with Gasteiger partial charge in [0.05, 0.1) is 25.0 Å². The van der Waals surface area contributed by atoms with Gasteiger partial charge < -0.3 is 14.3 Å². The molecule has 4 rings (SSSR count). The Labute approximate surface area is 174 Å². The van der Waals surface area contributed by atoms with Crippen molar-refractivity contribution in [3.05, 3.63) is 94.6 Å². The lowest BCUT2D eigenvalue weighted by Gasteiger charge is -2.28. The summed E-state index contributed by atoms with van der Waals surface area (Å²) in [7, 11) is 1.56. The Hall–Kier alpha value is -3.80. The molecule has 0 saturated carbocycles. The molecule has 2 aromatic carbocycles. The highest BCUT2D eigenvalue weighted by atomic mass is 16.5. The second kappa shape index (κ2) is 7.55. The first-order chi connectivity index (χ1) is 14.4. The summed E-state index contributed by atoms with van der Waals surface area (Å²) in [5.74, 6) is -1.02. The third-order valence-corrected chi connectivity index (χ3v) is 5.25. The largest absolute Gasteiger partial charge is 0.503 e. The van der Waals surface area contributed by atoms with E-state index in [0.29, 0.717) is 17.0 Å². The van der Waals surface area contributed by atoms with E-state index in [0.717, 1.165) is 11.1 Å². The molecular weight excluding hydrogens is 382 g/mol. The Balaban J connectivity index is 1.91. The van der Waals surface area contributed by atoms with E-state index in [1.165, 1.54) is 17.2 Å². The molecule has 0 spiro atoms. The zero-order valence-electron chi connectivity index (χ0n) is 16.9. The van der Waals surface area contributed by atoms with Crippen LogP contribution in [0.2, 0.25) is 0 Å². The summed E-state index contributed by atoms with van der Waals surface area (Å²) in [5, 5.41) is 10.8. The van der Waals surface area contributed by atoms with Gasteiger partial charge in [-0.15, -0.1) is 0 Å². The first-order valence-electron chi connectivity index (χ1n) is 9.48. The van der Waals surface area contributed by atoms with Crippen molar-refractivity contribution in [2.75, 3.05) is 12.0 Å². The number of carbonyl (C=O) groups excluding carboxylic acids is 2. The number of carbonyl (C=O) groups is 2. The molecule has 152 valence electrons. The summed E-state index contributed by atoms with van der Waals surface area (Å²) in [6.07, 6.45) is 1.38. The zero-order valence-corrected chi connectivity index (χ0v) is 16.9. The topological polar surface area (TPSA) is 80.0 Å². The Bertz CT molecular complexity index is 1140. The number of aliphatic hydroxyl groups is 1. The van der Waals surface area contributed by atoms with Crippen molar-refractivity contribution < 1.29 is 23.8 Å². The first-order valence-corrected chi connectivity index (χ1v) is 9.48. The molecule has 1 amide bonds. The van der Waals surface area contributed by atoms with E-state index in [4.69, 9.17) is 9.15 Å². The lowest BCUT2D eigenvalue weighted by Crippen LogP contribution is -2.31. The molecule has 1 aliphatic rings. The van der Waals surface area contributed by atoms with Gasteiger partial charge >= 0.3 is 0 Å². The molecule has 1 aromatic heterocycles. The molecule has 1 atom stereocenters. The normalized spacial score (nSPS) is 16.3. The maximum Gasteiger partial charge on any atom is 0.294 e. The standard InChI is InChI=1S/C24H21NO5/c1-14-6-7-15(2)18(13-14)25-21(16-8-10-17(29-3)11-9-16)20(23(27)24(25)28)22(26)19-5-4-12-30-19/h4-13,21,27H,1-3H3. The number of hydrogen-bond acceptors (Lipinski definition) is 5. The summed E-state index contributed by atoms with van der Waals surface area (Å²) >= 11 is 0. The lowest BCUT2D eigenvalue weighted by molar-refractivity contribution is -0.117. The molecule has 0 radical (unpaired) electrons. The Morgan fingerprint density at radius 3 is 2.47 bits per heavy atom. The van der Waals surface area contributed by atoms with Gasteiger partial charge in [0.25, 0.3) is 5.91 Å². The monoisotopic (exact) mass is 403 g/mol. The van der Waals surface area contributed by atoms with E-state index in [1.54, 1.807) is 37.4 Å². The van der Waals surface area contributed by atoms with Gasteiger partial charge in [0.2, 0.25) is 5.78 Å². The lowest BCUT2D eigenvalue weighted by atomic mass is 9.94. The average molecular weight is 403 g/mol. The highest BCUT2D eigenvalue weighted by Crippen LogP contribution is 2.43. The number of anilines is 1. The minimum absolute atomic E-state index is 0.0129. The molecule has 30 heavy (non-hydrogen) atoms. The van der Waals surface area contributed by atoms with Crippen LogP contribution in [0, 0.1) is 13.8 Å². The highest BCUT2D eigenvalue weighted by Gasteiger charge is 2.45. The number of aryl methyl sites for hydroxylation is 2. The second-order valence-electron chi connectivity index (χ2n) is 7.21. The molecule has 1 aliphatic heterocycles. The third kappa shape index (κ3) is 3.16. The molecule has 2 heterocycles. The fraction of sp³-hybridized carbons (Fsp3) is 0.167. The van der Waals surface area contributed by atoms with E-state index in [9.17, 15) is 14.7 Å². The van der Waals surface area contributed by atoms with Crippen LogP contribution < -0.4 is 9.64 Å². The molecule has 3 aromatic rings. The van der Waals surface area contributed by atoms with E-state index < -0.39 is 23.5 Å². The number of benzene rings is 2. The van der Waals surface area contributed by atoms with E-state index in [-0.39, 0.29) is 11.3 Å². The second-order valence-corrected chi connectivity index (χ2v) is 7.21. The number of aliphatic hydroxyl groups excluding tert-OH is 1.